The third kappa shape index (κ3) is 5.69. The summed E-state index contributed by atoms with van der Waals surface area (Å²) in [4.78, 5) is 33.5. The van der Waals surface area contributed by atoms with Gasteiger partial charge < -0.3 is 14.6 Å². The number of halogens is 2. The van der Waals surface area contributed by atoms with E-state index < -0.39 is 30.8 Å². The molecule has 35 heavy (non-hydrogen) atoms. The zero-order valence-electron chi connectivity index (χ0n) is 19.6. The summed E-state index contributed by atoms with van der Waals surface area (Å²) in [6.45, 7) is 1.90. The lowest BCUT2D eigenvalue weighted by molar-refractivity contribution is -0.139. The predicted octanol–water partition coefficient (Wildman–Crippen LogP) is 2.37. The van der Waals surface area contributed by atoms with Crippen molar-refractivity contribution in [3.63, 3.8) is 0 Å². The number of nitrogens with zero attached hydrogens (tertiary/aromatic N) is 7. The summed E-state index contributed by atoms with van der Waals surface area (Å²) < 4.78 is 31.6. The van der Waals surface area contributed by atoms with Crippen molar-refractivity contribution < 1.29 is 18.7 Å². The molecular weight excluding hydrogens is 460 g/mol. The fraction of sp³-hybridized carbons (Fsp3) is 0.478. The molecule has 1 fully saturated rings. The number of carboxylic acid groups (broad SMARTS) is 1. The minimum Gasteiger partial charge on any atom is -0.481 e. The van der Waals surface area contributed by atoms with Gasteiger partial charge in [0.25, 0.3) is 11.5 Å². The van der Waals surface area contributed by atoms with Crippen molar-refractivity contribution in [3.05, 3.63) is 52.3 Å². The second-order valence-corrected chi connectivity index (χ2v) is 8.93. The number of alkyl halides is 2. The first-order valence-electron chi connectivity index (χ1n) is 11.4. The van der Waals surface area contributed by atoms with Gasteiger partial charge in [0, 0.05) is 32.3 Å². The van der Waals surface area contributed by atoms with Crippen LogP contribution in [0.1, 0.15) is 37.4 Å². The van der Waals surface area contributed by atoms with Gasteiger partial charge in [0.2, 0.25) is 0 Å². The molecule has 0 spiro atoms. The number of anilines is 1. The van der Waals surface area contributed by atoms with Gasteiger partial charge in [-0.3, -0.25) is 9.59 Å². The molecule has 1 saturated heterocycles. The van der Waals surface area contributed by atoms with Crippen LogP contribution < -0.4 is 10.5 Å². The van der Waals surface area contributed by atoms with Crippen molar-refractivity contribution in [2.75, 3.05) is 18.0 Å². The van der Waals surface area contributed by atoms with E-state index in [1.807, 2.05) is 12.3 Å². The van der Waals surface area contributed by atoms with Gasteiger partial charge in [0.05, 0.1) is 37.6 Å². The van der Waals surface area contributed by atoms with Crippen molar-refractivity contribution in [1.82, 2.24) is 29.5 Å². The molecule has 0 saturated carbocycles. The molecule has 3 aromatic rings. The fourth-order valence-electron chi connectivity index (χ4n) is 4.43. The Morgan fingerprint density at radius 3 is 2.74 bits per heavy atom. The lowest BCUT2D eigenvalue weighted by Gasteiger charge is -2.37. The number of aryl methyl sites for hydroxylation is 2. The molecule has 10 nitrogen and oxygen atoms in total. The van der Waals surface area contributed by atoms with Crippen molar-refractivity contribution in [2.24, 2.45) is 13.0 Å². The molecule has 0 aromatic carbocycles. The van der Waals surface area contributed by atoms with E-state index >= 15 is 0 Å². The monoisotopic (exact) mass is 487 g/mol. The zero-order chi connectivity index (χ0) is 25.2. The number of hydrogen-bond acceptors (Lipinski definition) is 7. The number of carbonyl (C=O) groups is 1. The van der Waals surface area contributed by atoms with Crippen molar-refractivity contribution in [3.8, 4) is 11.4 Å². The number of hydrogen-bond donors (Lipinski definition) is 1. The average molecular weight is 488 g/mol. The number of pyridine rings is 1. The largest absolute Gasteiger partial charge is 0.481 e. The second-order valence-electron chi connectivity index (χ2n) is 8.93. The molecule has 186 valence electrons. The molecule has 0 amide bonds. The van der Waals surface area contributed by atoms with Crippen LogP contribution in [-0.2, 0) is 24.8 Å². The molecule has 4 rings (SSSR count). The minimum absolute atomic E-state index is 0.152. The normalized spacial score (nSPS) is 17.5. The Hall–Kier alpha value is -3.70. The van der Waals surface area contributed by atoms with E-state index in [0.29, 0.717) is 17.1 Å². The molecule has 0 bridgehead atoms. The molecule has 1 N–H and O–H groups in total. The molecule has 4 heterocycles. The number of aliphatic carboxylic acids is 1. The lowest BCUT2D eigenvalue weighted by atomic mass is 9.92. The van der Waals surface area contributed by atoms with E-state index in [1.165, 1.54) is 23.4 Å². The number of aromatic nitrogens is 6. The molecule has 0 aliphatic carbocycles. The van der Waals surface area contributed by atoms with Crippen LogP contribution >= 0.6 is 0 Å². The first kappa shape index (κ1) is 24.4. The highest BCUT2D eigenvalue weighted by Gasteiger charge is 2.41. The van der Waals surface area contributed by atoms with E-state index in [-0.39, 0.29) is 30.9 Å². The Morgan fingerprint density at radius 1 is 1.26 bits per heavy atom. The summed E-state index contributed by atoms with van der Waals surface area (Å²) in [6, 6.07) is 3.36. The molecule has 0 unspecified atom stereocenters. The predicted molar refractivity (Wildman–Crippen MR) is 123 cm³/mol. The maximum atomic E-state index is 14.2. The van der Waals surface area contributed by atoms with Gasteiger partial charge in [-0.2, -0.15) is 0 Å². The second kappa shape index (κ2) is 9.88. The molecule has 1 atom stereocenters. The number of piperidine rings is 1. The SMILES string of the molecule is CCCc1ccc(=O)n(Cc2c(-c3cnc(N4C[C@H](CC(=O)O)CC(F)(F)C4)cn3)nnn2C)c1. The first-order valence-corrected chi connectivity index (χ1v) is 11.4. The standard InChI is InChI=1S/C23H27F2N7O3/c1-3-4-15-5-6-20(33)31(11-15)13-18-22(28-29-30(18)2)17-9-27-19(10-26-17)32-12-16(7-21(34)35)8-23(24,25)14-32/h5-6,9-11,16H,3-4,7-8,12-14H2,1-2H3,(H,34,35)/t16-/m1/s1. The molecular formula is C23H27F2N7O3. The van der Waals surface area contributed by atoms with Gasteiger partial charge in [0.1, 0.15) is 17.2 Å². The highest BCUT2D eigenvalue weighted by atomic mass is 19.3. The Bertz CT molecular complexity index is 1260. The van der Waals surface area contributed by atoms with Gasteiger partial charge in [-0.25, -0.2) is 23.4 Å². The third-order valence-corrected chi connectivity index (χ3v) is 6.00. The van der Waals surface area contributed by atoms with Crippen molar-refractivity contribution in [2.45, 2.75) is 45.1 Å². The fourth-order valence-corrected chi connectivity index (χ4v) is 4.43. The highest BCUT2D eigenvalue weighted by Crippen LogP contribution is 2.34. The van der Waals surface area contributed by atoms with Crippen LogP contribution in [0.25, 0.3) is 11.4 Å². The van der Waals surface area contributed by atoms with E-state index in [4.69, 9.17) is 5.11 Å². The minimum atomic E-state index is -3.02. The highest BCUT2D eigenvalue weighted by molar-refractivity contribution is 5.67. The molecule has 1 aliphatic rings. The Labute approximate surface area is 200 Å². The van der Waals surface area contributed by atoms with Crippen molar-refractivity contribution in [1.29, 1.82) is 0 Å². The van der Waals surface area contributed by atoms with Gasteiger partial charge in [-0.1, -0.05) is 24.6 Å². The summed E-state index contributed by atoms with van der Waals surface area (Å²) >= 11 is 0. The Kier molecular flexibility index (Phi) is 6.90. The van der Waals surface area contributed by atoms with E-state index in [9.17, 15) is 18.4 Å². The maximum absolute atomic E-state index is 14.2. The topological polar surface area (TPSA) is 119 Å². The summed E-state index contributed by atoms with van der Waals surface area (Å²) in [5, 5.41) is 17.3. The van der Waals surface area contributed by atoms with Crippen LogP contribution in [0.5, 0.6) is 0 Å². The van der Waals surface area contributed by atoms with Gasteiger partial charge in [0.15, 0.2) is 0 Å². The smallest absolute Gasteiger partial charge is 0.303 e. The summed E-state index contributed by atoms with van der Waals surface area (Å²) in [6.07, 6.45) is 5.63. The summed E-state index contributed by atoms with van der Waals surface area (Å²) in [5.74, 6) is -4.58. The van der Waals surface area contributed by atoms with E-state index in [2.05, 4.69) is 27.2 Å². The molecule has 3 aromatic heterocycles. The molecule has 0 radical (unpaired) electrons. The molecule has 1 aliphatic heterocycles. The quantitative estimate of drug-likeness (QED) is 0.514. The number of carboxylic acids is 1. The van der Waals surface area contributed by atoms with Crippen LogP contribution in [0.4, 0.5) is 14.6 Å². The maximum Gasteiger partial charge on any atom is 0.303 e. The van der Waals surface area contributed by atoms with Gasteiger partial charge in [-0.05, 0) is 17.9 Å². The van der Waals surface area contributed by atoms with Crippen LogP contribution in [0.15, 0.2) is 35.5 Å². The summed E-state index contributed by atoms with van der Waals surface area (Å²) in [7, 11) is 1.72. The first-order chi connectivity index (χ1) is 16.6. The Balaban J connectivity index is 1.58. The average Bonchev–Trinajstić information content (AvgIpc) is 3.15. The molecule has 12 heteroatoms. The van der Waals surface area contributed by atoms with Crippen molar-refractivity contribution >= 4 is 11.8 Å². The van der Waals surface area contributed by atoms with Crippen LogP contribution in [-0.4, -0.2) is 59.6 Å². The van der Waals surface area contributed by atoms with Crippen LogP contribution in [0, 0.1) is 5.92 Å². The third-order valence-electron chi connectivity index (χ3n) is 6.00. The summed E-state index contributed by atoms with van der Waals surface area (Å²) in [5.41, 5.74) is 2.37. The number of rotatable bonds is 8. The van der Waals surface area contributed by atoms with Crippen LogP contribution in [0.2, 0.25) is 0 Å². The van der Waals surface area contributed by atoms with E-state index in [0.717, 1.165) is 18.4 Å². The zero-order valence-corrected chi connectivity index (χ0v) is 19.6. The Morgan fingerprint density at radius 2 is 2.06 bits per heavy atom. The van der Waals surface area contributed by atoms with Crippen LogP contribution in [0.3, 0.4) is 0 Å². The lowest BCUT2D eigenvalue weighted by Crippen LogP contribution is -2.48. The van der Waals surface area contributed by atoms with E-state index in [1.54, 1.807) is 16.3 Å². The van der Waals surface area contributed by atoms with Gasteiger partial charge >= 0.3 is 5.97 Å². The van der Waals surface area contributed by atoms with Gasteiger partial charge in [-0.15, -0.1) is 5.10 Å².